The van der Waals surface area contributed by atoms with E-state index in [2.05, 4.69) is 13.8 Å². The molecule has 1 aliphatic carbocycles. The van der Waals surface area contributed by atoms with Gasteiger partial charge in [0, 0.05) is 0 Å². The third-order valence-electron chi connectivity index (χ3n) is 6.09. The maximum Gasteiger partial charge on any atom is 0.311 e. The van der Waals surface area contributed by atoms with E-state index >= 15 is 0 Å². The Morgan fingerprint density at radius 2 is 1.44 bits per heavy atom. The zero-order valence-electron chi connectivity index (χ0n) is 16.4. The fourth-order valence-electron chi connectivity index (χ4n) is 4.48. The van der Waals surface area contributed by atoms with E-state index < -0.39 is 22.8 Å². The minimum Gasteiger partial charge on any atom is -0.481 e. The van der Waals surface area contributed by atoms with Crippen molar-refractivity contribution in [2.24, 2.45) is 22.7 Å². The van der Waals surface area contributed by atoms with Crippen LogP contribution < -0.4 is 0 Å². The van der Waals surface area contributed by atoms with Gasteiger partial charge in [0.15, 0.2) is 0 Å². The van der Waals surface area contributed by atoms with Crippen molar-refractivity contribution in [3.05, 3.63) is 12.2 Å². The van der Waals surface area contributed by atoms with Crippen molar-refractivity contribution in [3.63, 3.8) is 0 Å². The predicted octanol–water partition coefficient (Wildman–Crippen LogP) is 5.52. The summed E-state index contributed by atoms with van der Waals surface area (Å²) in [6.07, 6.45) is 11.3. The Balaban J connectivity index is 2.79. The van der Waals surface area contributed by atoms with Gasteiger partial charge in [0.1, 0.15) is 0 Å². The summed E-state index contributed by atoms with van der Waals surface area (Å²) in [5, 5.41) is 20.0. The van der Waals surface area contributed by atoms with Crippen LogP contribution in [0.25, 0.3) is 0 Å². The van der Waals surface area contributed by atoms with Crippen LogP contribution in [0, 0.1) is 22.7 Å². The van der Waals surface area contributed by atoms with Gasteiger partial charge in [-0.05, 0) is 31.1 Å². The largest absolute Gasteiger partial charge is 0.481 e. The SMILES string of the molecule is CC(C)CCCCCCCC1(C(=O)O)CC=CCC1(C(=O)O)C(C)C. The third kappa shape index (κ3) is 4.65. The Kier molecular flexibility index (Phi) is 8.17. The Bertz CT molecular complexity index is 480. The molecule has 2 unspecified atom stereocenters. The molecule has 1 rings (SSSR count). The molecule has 0 heterocycles. The van der Waals surface area contributed by atoms with Gasteiger partial charge < -0.3 is 10.2 Å². The molecule has 2 N–H and O–H groups in total. The average Bonchev–Trinajstić information content (AvgIpc) is 2.53. The Hall–Kier alpha value is -1.32. The number of carboxylic acids is 2. The van der Waals surface area contributed by atoms with Gasteiger partial charge >= 0.3 is 11.9 Å². The van der Waals surface area contributed by atoms with E-state index in [0.29, 0.717) is 19.3 Å². The number of carbonyl (C=O) groups is 2. The normalized spacial score (nSPS) is 26.3. The molecule has 1 aliphatic rings. The van der Waals surface area contributed by atoms with Gasteiger partial charge in [-0.1, -0.05) is 78.4 Å². The number of hydrogen-bond acceptors (Lipinski definition) is 2. The zero-order chi connectivity index (χ0) is 19.1. The van der Waals surface area contributed by atoms with Gasteiger partial charge in [0.25, 0.3) is 0 Å². The van der Waals surface area contributed by atoms with Crippen molar-refractivity contribution in [1.82, 2.24) is 0 Å². The van der Waals surface area contributed by atoms with E-state index in [0.717, 1.165) is 25.2 Å². The predicted molar refractivity (Wildman–Crippen MR) is 101 cm³/mol. The lowest BCUT2D eigenvalue weighted by Crippen LogP contribution is -2.56. The number of hydrogen-bond donors (Lipinski definition) is 2. The quantitative estimate of drug-likeness (QED) is 0.379. The molecule has 0 bridgehead atoms. The molecular weight excluding hydrogens is 316 g/mol. The number of unbranched alkanes of at least 4 members (excludes halogenated alkanes) is 4. The standard InChI is InChI=1S/C21H36O4/c1-16(2)12-8-6-5-7-9-13-20(18(22)23)14-10-11-15-21(20,17(3)4)19(24)25/h10-11,16-17H,5-9,12-15H2,1-4H3,(H,22,23)(H,24,25). The van der Waals surface area contributed by atoms with Gasteiger partial charge in [0.05, 0.1) is 10.8 Å². The zero-order valence-corrected chi connectivity index (χ0v) is 16.4. The van der Waals surface area contributed by atoms with Crippen LogP contribution in [0.1, 0.15) is 85.5 Å². The molecule has 0 aromatic carbocycles. The van der Waals surface area contributed by atoms with Crippen molar-refractivity contribution >= 4 is 11.9 Å². The summed E-state index contributed by atoms with van der Waals surface area (Å²) in [4.78, 5) is 24.4. The summed E-state index contributed by atoms with van der Waals surface area (Å²) in [6, 6.07) is 0. The fourth-order valence-corrected chi connectivity index (χ4v) is 4.48. The Morgan fingerprint density at radius 1 is 0.880 bits per heavy atom. The summed E-state index contributed by atoms with van der Waals surface area (Å²) in [5.41, 5.74) is -2.41. The molecule has 0 spiro atoms. The minimum absolute atomic E-state index is 0.225. The van der Waals surface area contributed by atoms with Crippen LogP contribution in [-0.2, 0) is 9.59 Å². The summed E-state index contributed by atoms with van der Waals surface area (Å²) in [6.45, 7) is 8.14. The monoisotopic (exact) mass is 352 g/mol. The van der Waals surface area contributed by atoms with E-state index in [1.807, 2.05) is 26.0 Å². The summed E-state index contributed by atoms with van der Waals surface area (Å²) in [7, 11) is 0. The first-order valence-electron chi connectivity index (χ1n) is 9.82. The van der Waals surface area contributed by atoms with Crippen LogP contribution >= 0.6 is 0 Å². The van der Waals surface area contributed by atoms with Crippen LogP contribution in [0.15, 0.2) is 12.2 Å². The second-order valence-corrected chi connectivity index (χ2v) is 8.40. The van der Waals surface area contributed by atoms with Crippen molar-refractivity contribution in [2.75, 3.05) is 0 Å². The lowest BCUT2D eigenvalue weighted by atomic mass is 9.51. The average molecular weight is 353 g/mol. The highest BCUT2D eigenvalue weighted by Crippen LogP contribution is 2.56. The smallest absolute Gasteiger partial charge is 0.311 e. The maximum atomic E-state index is 12.2. The molecule has 0 saturated heterocycles. The summed E-state index contributed by atoms with van der Waals surface area (Å²) >= 11 is 0. The topological polar surface area (TPSA) is 74.6 Å². The Labute approximate surface area is 152 Å². The number of carboxylic acid groups (broad SMARTS) is 2. The van der Waals surface area contributed by atoms with Crippen LogP contribution in [0.4, 0.5) is 0 Å². The van der Waals surface area contributed by atoms with E-state index in [1.165, 1.54) is 19.3 Å². The molecule has 0 saturated carbocycles. The van der Waals surface area contributed by atoms with Crippen LogP contribution in [0.5, 0.6) is 0 Å². The fraction of sp³-hybridized carbons (Fsp3) is 0.810. The molecule has 4 heteroatoms. The summed E-state index contributed by atoms with van der Waals surface area (Å²) in [5.74, 6) is -1.41. The van der Waals surface area contributed by atoms with Crippen LogP contribution in [0.3, 0.4) is 0 Å². The number of allylic oxidation sites excluding steroid dienone is 2. The van der Waals surface area contributed by atoms with Crippen molar-refractivity contribution < 1.29 is 19.8 Å². The van der Waals surface area contributed by atoms with Gasteiger partial charge in [0.2, 0.25) is 0 Å². The van der Waals surface area contributed by atoms with E-state index in [9.17, 15) is 19.8 Å². The third-order valence-corrected chi connectivity index (χ3v) is 6.09. The van der Waals surface area contributed by atoms with E-state index in [-0.39, 0.29) is 5.92 Å². The molecular formula is C21H36O4. The second kappa shape index (κ2) is 9.40. The number of rotatable bonds is 11. The Morgan fingerprint density at radius 3 is 1.96 bits per heavy atom. The first kappa shape index (κ1) is 21.7. The summed E-state index contributed by atoms with van der Waals surface area (Å²) < 4.78 is 0. The van der Waals surface area contributed by atoms with Gasteiger partial charge in [-0.15, -0.1) is 0 Å². The molecule has 0 radical (unpaired) electrons. The van der Waals surface area contributed by atoms with Crippen molar-refractivity contribution in [3.8, 4) is 0 Å². The van der Waals surface area contributed by atoms with Crippen molar-refractivity contribution in [2.45, 2.75) is 85.5 Å². The lowest BCUT2D eigenvalue weighted by molar-refractivity contribution is -0.181. The van der Waals surface area contributed by atoms with Gasteiger partial charge in [-0.2, -0.15) is 0 Å². The van der Waals surface area contributed by atoms with Crippen molar-refractivity contribution in [1.29, 1.82) is 0 Å². The first-order valence-corrected chi connectivity index (χ1v) is 9.82. The number of aliphatic carboxylic acids is 2. The van der Waals surface area contributed by atoms with Gasteiger partial charge in [-0.25, -0.2) is 0 Å². The molecule has 0 fully saturated rings. The molecule has 0 aromatic heterocycles. The molecule has 144 valence electrons. The molecule has 0 aliphatic heterocycles. The maximum absolute atomic E-state index is 12.2. The molecule has 0 amide bonds. The first-order chi connectivity index (χ1) is 11.7. The van der Waals surface area contributed by atoms with Crippen LogP contribution in [-0.4, -0.2) is 22.2 Å². The molecule has 0 aromatic rings. The molecule has 4 nitrogen and oxygen atoms in total. The highest BCUT2D eigenvalue weighted by atomic mass is 16.4. The van der Waals surface area contributed by atoms with E-state index in [4.69, 9.17) is 0 Å². The van der Waals surface area contributed by atoms with Gasteiger partial charge in [-0.3, -0.25) is 9.59 Å². The highest BCUT2D eigenvalue weighted by Gasteiger charge is 2.62. The minimum atomic E-state index is -1.22. The molecule has 2 atom stereocenters. The van der Waals surface area contributed by atoms with E-state index in [1.54, 1.807) is 0 Å². The second-order valence-electron chi connectivity index (χ2n) is 8.40. The lowest BCUT2D eigenvalue weighted by Gasteiger charge is -2.49. The highest BCUT2D eigenvalue weighted by molar-refractivity contribution is 5.87. The molecule has 25 heavy (non-hydrogen) atoms. The van der Waals surface area contributed by atoms with Crippen LogP contribution in [0.2, 0.25) is 0 Å².